The van der Waals surface area contributed by atoms with Crippen LogP contribution in [0.1, 0.15) is 25.1 Å². The summed E-state index contributed by atoms with van der Waals surface area (Å²) < 4.78 is 1.05. The Morgan fingerprint density at radius 2 is 2.17 bits per heavy atom. The number of carbonyl (C=O) groups is 1. The number of amides is 1. The number of halogens is 2. The predicted octanol–water partition coefficient (Wildman–Crippen LogP) is 2.96. The predicted molar refractivity (Wildman–Crippen MR) is 83.4 cm³/mol. The van der Waals surface area contributed by atoms with Crippen LogP contribution >= 0.6 is 39.7 Å². The van der Waals surface area contributed by atoms with Crippen molar-refractivity contribution in [2.24, 2.45) is 11.7 Å². The lowest BCUT2D eigenvalue weighted by molar-refractivity contribution is -0.121. The fraction of sp³-hybridized carbons (Fsp3) is 0.583. The van der Waals surface area contributed by atoms with E-state index in [1.54, 1.807) is 11.3 Å². The van der Waals surface area contributed by atoms with E-state index < -0.39 is 0 Å². The van der Waals surface area contributed by atoms with Crippen LogP contribution in [0.4, 0.5) is 0 Å². The van der Waals surface area contributed by atoms with Gasteiger partial charge < -0.3 is 11.1 Å². The summed E-state index contributed by atoms with van der Waals surface area (Å²) in [5, 5.41) is 2.98. The maximum atomic E-state index is 11.8. The molecule has 0 radical (unpaired) electrons. The lowest BCUT2D eigenvalue weighted by atomic mass is 10.0. The van der Waals surface area contributed by atoms with E-state index in [1.807, 2.05) is 12.1 Å². The second-order valence-corrected chi connectivity index (χ2v) is 7.06. The zero-order chi connectivity index (χ0) is 12.8. The molecule has 3 nitrogen and oxygen atoms in total. The van der Waals surface area contributed by atoms with E-state index in [-0.39, 0.29) is 24.4 Å². The minimum Gasteiger partial charge on any atom is -0.352 e. The van der Waals surface area contributed by atoms with Gasteiger partial charge in [-0.15, -0.1) is 23.7 Å². The van der Waals surface area contributed by atoms with Crippen molar-refractivity contribution >= 4 is 45.6 Å². The molecule has 1 amide bonds. The molecule has 0 spiro atoms. The molecular weight excluding hydrogens is 336 g/mol. The lowest BCUT2D eigenvalue weighted by Gasteiger charge is -2.18. The molecule has 0 aromatic carbocycles. The van der Waals surface area contributed by atoms with E-state index in [4.69, 9.17) is 5.73 Å². The summed E-state index contributed by atoms with van der Waals surface area (Å²) in [5.41, 5.74) is 5.65. The number of hydrogen-bond acceptors (Lipinski definition) is 3. The number of nitrogens with one attached hydrogen (secondary N) is 1. The van der Waals surface area contributed by atoms with E-state index in [0.29, 0.717) is 18.9 Å². The van der Waals surface area contributed by atoms with Crippen LogP contribution in [-0.4, -0.2) is 18.5 Å². The zero-order valence-corrected chi connectivity index (χ0v) is 13.8. The van der Waals surface area contributed by atoms with E-state index in [1.165, 1.54) is 0 Å². The highest BCUT2D eigenvalue weighted by molar-refractivity contribution is 9.11. The normalized spacial score (nSPS) is 12.1. The van der Waals surface area contributed by atoms with Gasteiger partial charge in [0, 0.05) is 17.5 Å². The Hall–Kier alpha value is -0.100. The van der Waals surface area contributed by atoms with Crippen molar-refractivity contribution < 1.29 is 4.79 Å². The summed E-state index contributed by atoms with van der Waals surface area (Å²) in [5.74, 6) is 0.593. The van der Waals surface area contributed by atoms with Crippen molar-refractivity contribution in [2.45, 2.75) is 32.7 Å². The van der Waals surface area contributed by atoms with Crippen LogP contribution in [-0.2, 0) is 11.2 Å². The standard InChI is InChI=1S/C12H19BrN2OS.ClH/c1-8(2)5-9(7-14)15-12(16)6-10-3-4-11(13)17-10;/h3-4,8-9H,5-7,14H2,1-2H3,(H,15,16);1H. The molecule has 1 aromatic rings. The van der Waals surface area contributed by atoms with Gasteiger partial charge in [0.05, 0.1) is 10.2 Å². The Labute approximate surface area is 127 Å². The number of carbonyl (C=O) groups excluding carboxylic acids is 1. The Bertz CT molecular complexity index is 371. The van der Waals surface area contributed by atoms with E-state index in [0.717, 1.165) is 15.1 Å². The van der Waals surface area contributed by atoms with Crippen LogP contribution in [0.25, 0.3) is 0 Å². The Morgan fingerprint density at radius 3 is 2.61 bits per heavy atom. The van der Waals surface area contributed by atoms with Crippen molar-refractivity contribution in [3.05, 3.63) is 20.8 Å². The maximum absolute atomic E-state index is 11.8. The van der Waals surface area contributed by atoms with Crippen LogP contribution in [0.2, 0.25) is 0 Å². The molecule has 0 fully saturated rings. The van der Waals surface area contributed by atoms with Gasteiger partial charge in [0.2, 0.25) is 5.91 Å². The largest absolute Gasteiger partial charge is 0.352 e. The molecule has 1 heterocycles. The summed E-state index contributed by atoms with van der Waals surface area (Å²) in [6.45, 7) is 4.76. The van der Waals surface area contributed by atoms with Crippen molar-refractivity contribution in [3.8, 4) is 0 Å². The van der Waals surface area contributed by atoms with E-state index >= 15 is 0 Å². The number of hydrogen-bond donors (Lipinski definition) is 2. The second-order valence-electron chi connectivity index (χ2n) is 4.51. The highest BCUT2D eigenvalue weighted by Gasteiger charge is 2.13. The minimum atomic E-state index is 0. The third-order valence-corrected chi connectivity index (χ3v) is 3.99. The van der Waals surface area contributed by atoms with Gasteiger partial charge in [-0.05, 0) is 40.4 Å². The van der Waals surface area contributed by atoms with Crippen LogP contribution < -0.4 is 11.1 Å². The molecule has 0 saturated carbocycles. The molecule has 18 heavy (non-hydrogen) atoms. The van der Waals surface area contributed by atoms with Crippen LogP contribution in [0.15, 0.2) is 15.9 Å². The van der Waals surface area contributed by atoms with Crippen LogP contribution in [0.5, 0.6) is 0 Å². The van der Waals surface area contributed by atoms with Gasteiger partial charge in [-0.1, -0.05) is 13.8 Å². The average molecular weight is 356 g/mol. The SMILES string of the molecule is CC(C)CC(CN)NC(=O)Cc1ccc(Br)s1.Cl. The summed E-state index contributed by atoms with van der Waals surface area (Å²) in [6, 6.07) is 4.02. The topological polar surface area (TPSA) is 55.1 Å². The van der Waals surface area contributed by atoms with Crippen LogP contribution in [0, 0.1) is 5.92 Å². The molecule has 0 aliphatic rings. The molecule has 3 N–H and O–H groups in total. The monoisotopic (exact) mass is 354 g/mol. The van der Waals surface area contributed by atoms with Crippen LogP contribution in [0.3, 0.4) is 0 Å². The lowest BCUT2D eigenvalue weighted by Crippen LogP contribution is -2.41. The van der Waals surface area contributed by atoms with Gasteiger partial charge in [-0.3, -0.25) is 4.79 Å². The summed E-state index contributed by atoms with van der Waals surface area (Å²) >= 11 is 4.98. The molecule has 0 aliphatic heterocycles. The molecule has 0 saturated heterocycles. The van der Waals surface area contributed by atoms with Gasteiger partial charge in [0.15, 0.2) is 0 Å². The smallest absolute Gasteiger partial charge is 0.225 e. The first-order valence-electron chi connectivity index (χ1n) is 5.75. The number of rotatable bonds is 6. The molecule has 6 heteroatoms. The molecular formula is C12H20BrClN2OS. The van der Waals surface area contributed by atoms with E-state index in [2.05, 4.69) is 35.1 Å². The third-order valence-electron chi connectivity index (χ3n) is 2.37. The maximum Gasteiger partial charge on any atom is 0.225 e. The minimum absolute atomic E-state index is 0. The third kappa shape index (κ3) is 6.73. The molecule has 1 atom stereocenters. The summed E-state index contributed by atoms with van der Waals surface area (Å²) in [7, 11) is 0. The first-order valence-corrected chi connectivity index (χ1v) is 7.36. The van der Waals surface area contributed by atoms with Gasteiger partial charge in [-0.25, -0.2) is 0 Å². The average Bonchev–Trinajstić information content (AvgIpc) is 2.62. The first kappa shape index (κ1) is 17.9. The Balaban J connectivity index is 0.00000289. The molecule has 1 aromatic heterocycles. The van der Waals surface area contributed by atoms with Crippen molar-refractivity contribution in [1.82, 2.24) is 5.32 Å². The van der Waals surface area contributed by atoms with Gasteiger partial charge in [0.1, 0.15) is 0 Å². The Kier molecular flexibility index (Phi) is 8.86. The van der Waals surface area contributed by atoms with Gasteiger partial charge in [-0.2, -0.15) is 0 Å². The van der Waals surface area contributed by atoms with Crippen molar-refractivity contribution in [2.75, 3.05) is 6.54 Å². The Morgan fingerprint density at radius 1 is 1.50 bits per heavy atom. The molecule has 1 rings (SSSR count). The fourth-order valence-corrected chi connectivity index (χ4v) is 3.15. The molecule has 0 bridgehead atoms. The fourth-order valence-electron chi connectivity index (χ4n) is 1.67. The summed E-state index contributed by atoms with van der Waals surface area (Å²) in [6.07, 6.45) is 1.36. The van der Waals surface area contributed by atoms with Gasteiger partial charge >= 0.3 is 0 Å². The quantitative estimate of drug-likeness (QED) is 0.824. The number of nitrogens with two attached hydrogens (primary N) is 1. The van der Waals surface area contributed by atoms with Gasteiger partial charge in [0.25, 0.3) is 0 Å². The highest BCUT2D eigenvalue weighted by atomic mass is 79.9. The molecule has 0 aliphatic carbocycles. The van der Waals surface area contributed by atoms with Crippen molar-refractivity contribution in [1.29, 1.82) is 0 Å². The number of thiophene rings is 1. The van der Waals surface area contributed by atoms with E-state index in [9.17, 15) is 4.79 Å². The summed E-state index contributed by atoms with van der Waals surface area (Å²) in [4.78, 5) is 12.9. The van der Waals surface area contributed by atoms with Crippen molar-refractivity contribution in [3.63, 3.8) is 0 Å². The first-order chi connectivity index (χ1) is 8.01. The zero-order valence-electron chi connectivity index (χ0n) is 10.6. The highest BCUT2D eigenvalue weighted by Crippen LogP contribution is 2.22. The second kappa shape index (κ2) is 8.91. The molecule has 1 unspecified atom stereocenters. The molecule has 104 valence electrons.